The van der Waals surface area contributed by atoms with Gasteiger partial charge in [0.25, 0.3) is 0 Å². The number of carbonyl (C=O) groups is 2. The lowest BCUT2D eigenvalue weighted by Crippen LogP contribution is -2.53. The van der Waals surface area contributed by atoms with E-state index in [1.165, 1.54) is 7.11 Å². The molecule has 0 atom stereocenters. The first-order valence-corrected chi connectivity index (χ1v) is 11.2. The van der Waals surface area contributed by atoms with Gasteiger partial charge in [0.1, 0.15) is 11.5 Å². The van der Waals surface area contributed by atoms with Crippen LogP contribution in [0.25, 0.3) is 11.3 Å². The third-order valence-corrected chi connectivity index (χ3v) is 6.46. The van der Waals surface area contributed by atoms with E-state index in [1.807, 2.05) is 6.92 Å². The van der Waals surface area contributed by atoms with Crippen molar-refractivity contribution in [1.29, 1.82) is 0 Å². The Morgan fingerprint density at radius 2 is 1.97 bits per heavy atom. The van der Waals surface area contributed by atoms with Gasteiger partial charge in [0.05, 0.1) is 23.4 Å². The lowest BCUT2D eigenvalue weighted by atomic mass is 9.89. The largest absolute Gasteiger partial charge is 0.469 e. The molecule has 1 aliphatic rings. The fourth-order valence-corrected chi connectivity index (χ4v) is 4.08. The standard InChI is InChI=1S/C22H27Cl2N5O3/c1-22(28-17(30)7-4-8-18(31)32-2)9-11-29(12-10-22)16-13-26-20(21(25)27-16)14-5-3-6-15(23)19(14)24/h3,5-6,13H,4,7-12H2,1-2H3,(H2,25,27)(H,28,30). The molecule has 1 fully saturated rings. The van der Waals surface area contributed by atoms with Crippen molar-refractivity contribution in [2.75, 3.05) is 30.8 Å². The van der Waals surface area contributed by atoms with E-state index in [4.69, 9.17) is 28.9 Å². The first-order valence-electron chi connectivity index (χ1n) is 10.4. The Labute approximate surface area is 197 Å². The number of methoxy groups -OCH3 is 1. The third-order valence-electron chi connectivity index (χ3n) is 5.64. The number of esters is 1. The molecule has 1 aromatic heterocycles. The summed E-state index contributed by atoms with van der Waals surface area (Å²) < 4.78 is 4.60. The number of carbonyl (C=O) groups excluding carboxylic acids is 2. The zero-order valence-corrected chi connectivity index (χ0v) is 19.7. The number of nitrogen functional groups attached to an aromatic ring is 1. The number of amides is 1. The van der Waals surface area contributed by atoms with Gasteiger partial charge in [0, 0.05) is 37.0 Å². The van der Waals surface area contributed by atoms with E-state index in [1.54, 1.807) is 24.4 Å². The molecule has 32 heavy (non-hydrogen) atoms. The Morgan fingerprint density at radius 3 is 2.62 bits per heavy atom. The fraction of sp³-hybridized carbons (Fsp3) is 0.455. The van der Waals surface area contributed by atoms with Crippen LogP contribution in [0.1, 0.15) is 39.0 Å². The van der Waals surface area contributed by atoms with Gasteiger partial charge in [-0.25, -0.2) is 9.97 Å². The minimum atomic E-state index is -0.313. The van der Waals surface area contributed by atoms with E-state index >= 15 is 0 Å². The summed E-state index contributed by atoms with van der Waals surface area (Å²) in [4.78, 5) is 34.6. The second kappa shape index (κ2) is 10.4. The highest BCUT2D eigenvalue weighted by Gasteiger charge is 2.32. The van der Waals surface area contributed by atoms with Crippen molar-refractivity contribution in [3.8, 4) is 11.3 Å². The van der Waals surface area contributed by atoms with Gasteiger partial charge in [-0.3, -0.25) is 9.59 Å². The maximum Gasteiger partial charge on any atom is 0.305 e. The molecule has 172 valence electrons. The molecular weight excluding hydrogens is 453 g/mol. The first kappa shape index (κ1) is 24.1. The summed E-state index contributed by atoms with van der Waals surface area (Å²) in [5, 5.41) is 3.92. The number of rotatable bonds is 7. The molecule has 0 radical (unpaired) electrons. The van der Waals surface area contributed by atoms with E-state index in [-0.39, 0.29) is 29.7 Å². The van der Waals surface area contributed by atoms with Crippen LogP contribution in [0.5, 0.6) is 0 Å². The molecule has 8 nitrogen and oxygen atoms in total. The summed E-state index contributed by atoms with van der Waals surface area (Å²) in [7, 11) is 1.34. The summed E-state index contributed by atoms with van der Waals surface area (Å²) in [6.07, 6.45) is 4.18. The summed E-state index contributed by atoms with van der Waals surface area (Å²) in [5.41, 5.74) is 6.99. The van der Waals surface area contributed by atoms with Gasteiger partial charge >= 0.3 is 5.97 Å². The monoisotopic (exact) mass is 479 g/mol. The fourth-order valence-electron chi connectivity index (χ4n) is 3.69. The molecule has 2 aromatic rings. The molecule has 1 aromatic carbocycles. The summed E-state index contributed by atoms with van der Waals surface area (Å²) >= 11 is 12.4. The molecule has 1 saturated heterocycles. The lowest BCUT2D eigenvalue weighted by Gasteiger charge is -2.40. The molecule has 0 bridgehead atoms. The van der Waals surface area contributed by atoms with Gasteiger partial charge in [0.15, 0.2) is 5.82 Å². The van der Waals surface area contributed by atoms with Crippen LogP contribution in [0.15, 0.2) is 24.4 Å². The van der Waals surface area contributed by atoms with E-state index in [0.717, 1.165) is 12.8 Å². The quantitative estimate of drug-likeness (QED) is 0.579. The number of halogens is 2. The van der Waals surface area contributed by atoms with Crippen LogP contribution in [-0.2, 0) is 14.3 Å². The van der Waals surface area contributed by atoms with E-state index < -0.39 is 0 Å². The van der Waals surface area contributed by atoms with Gasteiger partial charge in [-0.1, -0.05) is 35.3 Å². The van der Waals surface area contributed by atoms with Crippen LogP contribution < -0.4 is 16.0 Å². The number of nitrogens with zero attached hydrogens (tertiary/aromatic N) is 3. The number of piperidine rings is 1. The minimum absolute atomic E-state index is 0.0587. The van der Waals surface area contributed by atoms with Gasteiger partial charge in [0.2, 0.25) is 5.91 Å². The lowest BCUT2D eigenvalue weighted by molar-refractivity contribution is -0.140. The molecular formula is C22H27Cl2N5O3. The predicted octanol–water partition coefficient (Wildman–Crippen LogP) is 3.85. The Bertz CT molecular complexity index is 994. The molecule has 1 amide bonds. The highest BCUT2D eigenvalue weighted by molar-refractivity contribution is 6.43. The number of hydrogen-bond donors (Lipinski definition) is 2. The highest BCUT2D eigenvalue weighted by Crippen LogP contribution is 2.35. The molecule has 0 saturated carbocycles. The topological polar surface area (TPSA) is 110 Å². The molecule has 1 aliphatic heterocycles. The van der Waals surface area contributed by atoms with Crippen molar-refractivity contribution in [3.05, 3.63) is 34.4 Å². The van der Waals surface area contributed by atoms with Crippen molar-refractivity contribution in [2.45, 2.75) is 44.6 Å². The maximum absolute atomic E-state index is 12.3. The number of benzene rings is 1. The van der Waals surface area contributed by atoms with Crippen LogP contribution in [0.4, 0.5) is 11.6 Å². The Kier molecular flexibility index (Phi) is 7.79. The zero-order valence-electron chi connectivity index (χ0n) is 18.2. The molecule has 3 rings (SSSR count). The molecule has 0 unspecified atom stereocenters. The summed E-state index contributed by atoms with van der Waals surface area (Å²) in [5.74, 6) is 0.591. The molecule has 2 heterocycles. The number of anilines is 2. The van der Waals surface area contributed by atoms with Crippen LogP contribution in [-0.4, -0.2) is 47.6 Å². The Morgan fingerprint density at radius 1 is 1.25 bits per heavy atom. The van der Waals surface area contributed by atoms with Crippen molar-refractivity contribution in [3.63, 3.8) is 0 Å². The first-order chi connectivity index (χ1) is 15.2. The summed E-state index contributed by atoms with van der Waals surface area (Å²) in [6.45, 7) is 3.43. The molecule has 0 aliphatic carbocycles. The summed E-state index contributed by atoms with van der Waals surface area (Å²) in [6, 6.07) is 5.29. The second-order valence-electron chi connectivity index (χ2n) is 8.09. The van der Waals surface area contributed by atoms with Crippen molar-refractivity contribution in [2.24, 2.45) is 0 Å². The van der Waals surface area contributed by atoms with Crippen molar-refractivity contribution >= 4 is 46.7 Å². The molecule has 0 spiro atoms. The van der Waals surface area contributed by atoms with Crippen LogP contribution >= 0.6 is 23.2 Å². The number of ether oxygens (including phenoxy) is 1. The second-order valence-corrected chi connectivity index (χ2v) is 8.87. The van der Waals surface area contributed by atoms with Crippen LogP contribution in [0, 0.1) is 0 Å². The average molecular weight is 480 g/mol. The van der Waals surface area contributed by atoms with Crippen LogP contribution in [0.3, 0.4) is 0 Å². The predicted molar refractivity (Wildman–Crippen MR) is 126 cm³/mol. The SMILES string of the molecule is COC(=O)CCCC(=O)NC1(C)CCN(c2cnc(-c3cccc(Cl)c3Cl)c(N)n2)CC1. The van der Waals surface area contributed by atoms with Gasteiger partial charge in [-0.2, -0.15) is 0 Å². The third kappa shape index (κ3) is 5.81. The van der Waals surface area contributed by atoms with Crippen molar-refractivity contribution < 1.29 is 14.3 Å². The minimum Gasteiger partial charge on any atom is -0.469 e. The average Bonchev–Trinajstić information content (AvgIpc) is 2.76. The maximum atomic E-state index is 12.3. The zero-order chi connectivity index (χ0) is 23.3. The van der Waals surface area contributed by atoms with Crippen LogP contribution in [0.2, 0.25) is 10.0 Å². The number of aromatic nitrogens is 2. The smallest absolute Gasteiger partial charge is 0.305 e. The van der Waals surface area contributed by atoms with Crippen molar-refractivity contribution in [1.82, 2.24) is 15.3 Å². The number of nitrogens with two attached hydrogens (primary N) is 1. The number of nitrogens with one attached hydrogen (secondary N) is 1. The number of hydrogen-bond acceptors (Lipinski definition) is 7. The molecule has 10 heteroatoms. The normalized spacial score (nSPS) is 15.3. The van der Waals surface area contributed by atoms with E-state index in [2.05, 4.69) is 24.9 Å². The Hall–Kier alpha value is -2.58. The Balaban J connectivity index is 1.59. The molecule has 3 N–H and O–H groups in total. The van der Waals surface area contributed by atoms with Gasteiger partial charge < -0.3 is 20.7 Å². The van der Waals surface area contributed by atoms with E-state index in [0.29, 0.717) is 53.1 Å². The van der Waals surface area contributed by atoms with E-state index in [9.17, 15) is 9.59 Å². The highest BCUT2D eigenvalue weighted by atomic mass is 35.5. The van der Waals surface area contributed by atoms with Gasteiger partial charge in [-0.05, 0) is 32.3 Å². The van der Waals surface area contributed by atoms with Gasteiger partial charge in [-0.15, -0.1) is 0 Å².